The van der Waals surface area contributed by atoms with Gasteiger partial charge in [-0.2, -0.15) is 0 Å². The maximum absolute atomic E-state index is 9.21. The predicted octanol–water partition coefficient (Wildman–Crippen LogP) is 1.28. The molecule has 1 aromatic heterocycles. The van der Waals surface area contributed by atoms with E-state index in [1.807, 2.05) is 13.0 Å². The zero-order valence-corrected chi connectivity index (χ0v) is 9.25. The third-order valence-electron chi connectivity index (χ3n) is 2.80. The van der Waals surface area contributed by atoms with Gasteiger partial charge in [-0.25, -0.2) is 9.97 Å². The summed E-state index contributed by atoms with van der Waals surface area (Å²) in [6, 6.07) is 1.96. The number of aromatic nitrogens is 2. The van der Waals surface area contributed by atoms with Crippen LogP contribution in [0, 0.1) is 6.92 Å². The van der Waals surface area contributed by atoms with E-state index in [-0.39, 0.29) is 12.1 Å². The molecule has 1 fully saturated rings. The molecule has 82 valence electrons. The van der Waals surface area contributed by atoms with Crippen LogP contribution in [0.15, 0.2) is 6.07 Å². The van der Waals surface area contributed by atoms with Crippen molar-refractivity contribution in [3.63, 3.8) is 0 Å². The van der Waals surface area contributed by atoms with Gasteiger partial charge in [0.2, 0.25) is 0 Å². The number of nitrogens with one attached hydrogen (secondary N) is 1. The first kappa shape index (κ1) is 10.4. The van der Waals surface area contributed by atoms with Crippen LogP contribution < -0.4 is 5.32 Å². The molecule has 2 N–H and O–H groups in total. The summed E-state index contributed by atoms with van der Waals surface area (Å²) >= 11 is 0. The van der Waals surface area contributed by atoms with Crippen LogP contribution in [0.3, 0.4) is 0 Å². The second-order valence-electron chi connectivity index (χ2n) is 4.21. The number of aryl methyl sites for hydroxylation is 2. The van der Waals surface area contributed by atoms with Gasteiger partial charge in [0.1, 0.15) is 11.6 Å². The van der Waals surface area contributed by atoms with Gasteiger partial charge in [-0.3, -0.25) is 0 Å². The fourth-order valence-electron chi connectivity index (χ4n) is 1.62. The first-order valence-electron chi connectivity index (χ1n) is 5.41. The predicted molar refractivity (Wildman–Crippen MR) is 58.8 cm³/mol. The average molecular weight is 207 g/mol. The number of anilines is 1. The lowest BCUT2D eigenvalue weighted by Gasteiger charge is -2.15. The van der Waals surface area contributed by atoms with Crippen molar-refractivity contribution in [1.82, 2.24) is 9.97 Å². The Bertz CT molecular complexity index is 361. The standard InChI is InChI=1S/C11H17N3O/c1-3-9-6-10(13-8(2)12-9)14-11(7-15)4-5-11/h6,15H,3-5,7H2,1-2H3,(H,12,13,14). The van der Waals surface area contributed by atoms with Crippen molar-refractivity contribution in [2.24, 2.45) is 0 Å². The number of aliphatic hydroxyl groups is 1. The number of hydrogen-bond acceptors (Lipinski definition) is 4. The summed E-state index contributed by atoms with van der Waals surface area (Å²) in [4.78, 5) is 8.64. The van der Waals surface area contributed by atoms with E-state index >= 15 is 0 Å². The van der Waals surface area contributed by atoms with Gasteiger partial charge in [-0.05, 0) is 26.2 Å². The zero-order chi connectivity index (χ0) is 10.9. The van der Waals surface area contributed by atoms with Crippen molar-refractivity contribution in [2.75, 3.05) is 11.9 Å². The van der Waals surface area contributed by atoms with E-state index in [2.05, 4.69) is 22.2 Å². The maximum Gasteiger partial charge on any atom is 0.130 e. The number of aliphatic hydroxyl groups excluding tert-OH is 1. The third kappa shape index (κ3) is 2.26. The van der Waals surface area contributed by atoms with Crippen molar-refractivity contribution in [3.05, 3.63) is 17.6 Å². The van der Waals surface area contributed by atoms with Crippen LogP contribution in [0.2, 0.25) is 0 Å². The van der Waals surface area contributed by atoms with Crippen molar-refractivity contribution in [2.45, 2.75) is 38.6 Å². The molecule has 1 aromatic rings. The molecule has 4 nitrogen and oxygen atoms in total. The monoisotopic (exact) mass is 207 g/mol. The summed E-state index contributed by atoms with van der Waals surface area (Å²) in [6.07, 6.45) is 2.95. The Morgan fingerprint density at radius 1 is 1.47 bits per heavy atom. The molecule has 0 amide bonds. The van der Waals surface area contributed by atoms with Gasteiger partial charge in [0.05, 0.1) is 12.1 Å². The number of hydrogen-bond donors (Lipinski definition) is 2. The van der Waals surface area contributed by atoms with Crippen LogP contribution >= 0.6 is 0 Å². The second kappa shape index (κ2) is 3.77. The van der Waals surface area contributed by atoms with E-state index in [1.54, 1.807) is 0 Å². The Kier molecular flexibility index (Phi) is 2.61. The molecule has 0 unspecified atom stereocenters. The topological polar surface area (TPSA) is 58.0 Å². The van der Waals surface area contributed by atoms with E-state index in [1.165, 1.54) is 0 Å². The quantitative estimate of drug-likeness (QED) is 0.781. The Balaban J connectivity index is 2.17. The molecular weight excluding hydrogens is 190 g/mol. The first-order valence-corrected chi connectivity index (χ1v) is 5.41. The first-order chi connectivity index (χ1) is 7.17. The second-order valence-corrected chi connectivity index (χ2v) is 4.21. The lowest BCUT2D eigenvalue weighted by molar-refractivity contribution is 0.266. The Labute approximate surface area is 89.8 Å². The Morgan fingerprint density at radius 2 is 2.20 bits per heavy atom. The SMILES string of the molecule is CCc1cc(NC2(CO)CC2)nc(C)n1. The largest absolute Gasteiger partial charge is 0.394 e. The Morgan fingerprint density at radius 3 is 2.73 bits per heavy atom. The van der Waals surface area contributed by atoms with Crippen LogP contribution in [-0.2, 0) is 6.42 Å². The highest BCUT2D eigenvalue weighted by molar-refractivity contribution is 5.41. The molecule has 0 aliphatic heterocycles. The van der Waals surface area contributed by atoms with Gasteiger partial charge in [-0.1, -0.05) is 6.92 Å². The lowest BCUT2D eigenvalue weighted by Crippen LogP contribution is -2.26. The maximum atomic E-state index is 9.21. The molecule has 4 heteroatoms. The van der Waals surface area contributed by atoms with Crippen molar-refractivity contribution < 1.29 is 5.11 Å². The molecule has 0 bridgehead atoms. The average Bonchev–Trinajstić information content (AvgIpc) is 2.97. The van der Waals surface area contributed by atoms with Crippen LogP contribution in [0.5, 0.6) is 0 Å². The molecule has 2 rings (SSSR count). The van der Waals surface area contributed by atoms with E-state index in [4.69, 9.17) is 0 Å². The molecule has 1 aliphatic carbocycles. The van der Waals surface area contributed by atoms with Crippen LogP contribution in [0.25, 0.3) is 0 Å². The van der Waals surface area contributed by atoms with Crippen LogP contribution in [0.1, 0.15) is 31.3 Å². The van der Waals surface area contributed by atoms with Gasteiger partial charge in [0, 0.05) is 11.8 Å². The number of rotatable bonds is 4. The van der Waals surface area contributed by atoms with E-state index in [0.29, 0.717) is 0 Å². The molecular formula is C11H17N3O. The summed E-state index contributed by atoms with van der Waals surface area (Å²) in [5.74, 6) is 1.62. The smallest absolute Gasteiger partial charge is 0.130 e. The molecule has 0 saturated heterocycles. The molecule has 0 spiro atoms. The van der Waals surface area contributed by atoms with Crippen LogP contribution in [0.4, 0.5) is 5.82 Å². The van der Waals surface area contributed by atoms with E-state index < -0.39 is 0 Å². The van der Waals surface area contributed by atoms with Gasteiger partial charge < -0.3 is 10.4 Å². The third-order valence-corrected chi connectivity index (χ3v) is 2.80. The summed E-state index contributed by atoms with van der Waals surface area (Å²) < 4.78 is 0. The normalized spacial score (nSPS) is 17.5. The molecule has 0 radical (unpaired) electrons. The highest BCUT2D eigenvalue weighted by Gasteiger charge is 2.42. The van der Waals surface area contributed by atoms with Gasteiger partial charge >= 0.3 is 0 Å². The minimum atomic E-state index is -0.105. The van der Waals surface area contributed by atoms with E-state index in [0.717, 1.165) is 36.6 Å². The minimum Gasteiger partial charge on any atom is -0.394 e. The van der Waals surface area contributed by atoms with Crippen molar-refractivity contribution >= 4 is 5.82 Å². The Hall–Kier alpha value is -1.16. The summed E-state index contributed by atoms with van der Waals surface area (Å²) in [5, 5.41) is 12.5. The van der Waals surface area contributed by atoms with Crippen molar-refractivity contribution in [1.29, 1.82) is 0 Å². The van der Waals surface area contributed by atoms with Crippen molar-refractivity contribution in [3.8, 4) is 0 Å². The van der Waals surface area contributed by atoms with E-state index in [9.17, 15) is 5.11 Å². The molecule has 1 saturated carbocycles. The minimum absolute atomic E-state index is 0.105. The number of nitrogens with zero attached hydrogens (tertiary/aromatic N) is 2. The summed E-state index contributed by atoms with van der Waals surface area (Å²) in [5.41, 5.74) is 0.935. The molecule has 15 heavy (non-hydrogen) atoms. The molecule has 0 aromatic carbocycles. The molecule has 1 aliphatic rings. The molecule has 0 atom stereocenters. The van der Waals surface area contributed by atoms with Gasteiger partial charge in [0.25, 0.3) is 0 Å². The van der Waals surface area contributed by atoms with Gasteiger partial charge in [-0.15, -0.1) is 0 Å². The highest BCUT2D eigenvalue weighted by Crippen LogP contribution is 2.37. The van der Waals surface area contributed by atoms with Gasteiger partial charge in [0.15, 0.2) is 0 Å². The van der Waals surface area contributed by atoms with Crippen LogP contribution in [-0.4, -0.2) is 27.2 Å². The molecule has 1 heterocycles. The fraction of sp³-hybridized carbons (Fsp3) is 0.636. The summed E-state index contributed by atoms with van der Waals surface area (Å²) in [7, 11) is 0. The highest BCUT2D eigenvalue weighted by atomic mass is 16.3. The summed E-state index contributed by atoms with van der Waals surface area (Å²) in [6.45, 7) is 4.14. The fourth-order valence-corrected chi connectivity index (χ4v) is 1.62. The lowest BCUT2D eigenvalue weighted by atomic mass is 10.2. The zero-order valence-electron chi connectivity index (χ0n) is 9.25.